The maximum absolute atomic E-state index is 13.6. The topological polar surface area (TPSA) is 103 Å². The van der Waals surface area contributed by atoms with Crippen molar-refractivity contribution in [2.75, 3.05) is 19.4 Å². The lowest BCUT2D eigenvalue weighted by molar-refractivity contribution is -0.137. The van der Waals surface area contributed by atoms with E-state index in [1.54, 1.807) is 73.4 Å². The fourth-order valence-electron chi connectivity index (χ4n) is 4.13. The van der Waals surface area contributed by atoms with Crippen LogP contribution in [0.1, 0.15) is 21.6 Å². The molecule has 0 fully saturated rings. The maximum atomic E-state index is 13.6. The number of hydrogen-bond acceptors (Lipinski definition) is 7. The number of aliphatic imine (C=N–C) groups is 1. The number of aromatic nitrogens is 3. The van der Waals surface area contributed by atoms with E-state index in [0.717, 1.165) is 17.7 Å². The number of hydrogen-bond donors (Lipinski definition) is 2. The summed E-state index contributed by atoms with van der Waals surface area (Å²) in [6.07, 6.45) is -1.42. The standard InChI is InChI=1S/C30H25F3N6O3/c1-34-17-18-4-7-20(8-5-18)42-27-11-6-19(30(31,32)33)14-24(27)38-29-37-23-15-21(9-10-26(23)39(29)3)41-22-12-13-36-25(16-22)28(40)35-2/h4-17H,1-3H3,(H,35,40)(H,37,38). The van der Waals surface area contributed by atoms with Crippen molar-refractivity contribution in [2.45, 2.75) is 6.18 Å². The minimum atomic E-state index is -4.56. The Morgan fingerprint density at radius 1 is 0.952 bits per heavy atom. The third kappa shape index (κ3) is 6.17. The molecule has 0 atom stereocenters. The Morgan fingerprint density at radius 3 is 2.40 bits per heavy atom. The van der Waals surface area contributed by atoms with Gasteiger partial charge in [-0.25, -0.2) is 4.98 Å². The number of halogens is 3. The Labute approximate surface area is 238 Å². The highest BCUT2D eigenvalue weighted by Crippen LogP contribution is 2.38. The number of nitrogens with zero attached hydrogens (tertiary/aromatic N) is 4. The molecule has 0 radical (unpaired) electrons. The third-order valence-electron chi connectivity index (χ3n) is 6.22. The molecule has 9 nitrogen and oxygen atoms in total. The summed E-state index contributed by atoms with van der Waals surface area (Å²) in [5.41, 5.74) is 1.53. The number of anilines is 2. The molecule has 0 bridgehead atoms. The summed E-state index contributed by atoms with van der Waals surface area (Å²) < 4.78 is 54.4. The molecule has 2 aromatic heterocycles. The van der Waals surface area contributed by atoms with Gasteiger partial charge in [0.1, 0.15) is 22.9 Å². The monoisotopic (exact) mass is 574 g/mol. The molecule has 0 saturated heterocycles. The Morgan fingerprint density at radius 2 is 1.69 bits per heavy atom. The average molecular weight is 575 g/mol. The zero-order chi connectivity index (χ0) is 29.9. The number of alkyl halides is 3. The van der Waals surface area contributed by atoms with Crippen LogP contribution >= 0.6 is 0 Å². The number of carbonyl (C=O) groups is 1. The van der Waals surface area contributed by atoms with Crippen LogP contribution in [0.15, 0.2) is 84.0 Å². The maximum Gasteiger partial charge on any atom is 0.416 e. The van der Waals surface area contributed by atoms with Crippen molar-refractivity contribution in [1.29, 1.82) is 0 Å². The van der Waals surface area contributed by atoms with Crippen molar-refractivity contribution < 1.29 is 27.4 Å². The molecular formula is C30H25F3N6O3. The molecule has 5 rings (SSSR count). The van der Waals surface area contributed by atoms with Gasteiger partial charge in [-0.15, -0.1) is 0 Å². The zero-order valence-corrected chi connectivity index (χ0v) is 22.7. The van der Waals surface area contributed by atoms with Crippen molar-refractivity contribution in [2.24, 2.45) is 12.0 Å². The van der Waals surface area contributed by atoms with Gasteiger partial charge in [0.05, 0.1) is 22.3 Å². The van der Waals surface area contributed by atoms with Crippen LogP contribution < -0.4 is 20.1 Å². The first-order chi connectivity index (χ1) is 20.1. The Hall–Kier alpha value is -5.39. The van der Waals surface area contributed by atoms with Gasteiger partial charge >= 0.3 is 6.18 Å². The molecule has 3 aromatic carbocycles. The van der Waals surface area contributed by atoms with Crippen LogP contribution in [0.25, 0.3) is 11.0 Å². The number of nitrogens with one attached hydrogen (secondary N) is 2. The SMILES string of the molecule is CN=Cc1ccc(Oc2ccc(C(F)(F)F)cc2Nc2nc3cc(Oc4ccnc(C(=O)NC)c4)ccc3n2C)cc1. The normalized spacial score (nSPS) is 11.6. The molecular weight excluding hydrogens is 549 g/mol. The third-order valence-corrected chi connectivity index (χ3v) is 6.22. The van der Waals surface area contributed by atoms with Gasteiger partial charge in [0.2, 0.25) is 5.95 Å². The molecule has 42 heavy (non-hydrogen) atoms. The van der Waals surface area contributed by atoms with E-state index in [9.17, 15) is 18.0 Å². The van der Waals surface area contributed by atoms with E-state index in [-0.39, 0.29) is 29.0 Å². The van der Waals surface area contributed by atoms with Crippen molar-refractivity contribution in [3.8, 4) is 23.0 Å². The smallest absolute Gasteiger partial charge is 0.416 e. The van der Waals surface area contributed by atoms with Crippen LogP contribution in [0, 0.1) is 0 Å². The number of imidazole rings is 1. The van der Waals surface area contributed by atoms with Gasteiger partial charge in [-0.3, -0.25) is 14.8 Å². The largest absolute Gasteiger partial charge is 0.457 e. The number of pyridine rings is 1. The molecule has 2 N–H and O–H groups in total. The second-order valence-corrected chi connectivity index (χ2v) is 9.10. The van der Waals surface area contributed by atoms with Gasteiger partial charge in [0.15, 0.2) is 5.75 Å². The fraction of sp³-hybridized carbons (Fsp3) is 0.133. The van der Waals surface area contributed by atoms with Gasteiger partial charge in [-0.05, 0) is 66.2 Å². The van der Waals surface area contributed by atoms with Crippen molar-refractivity contribution in [3.63, 3.8) is 0 Å². The highest BCUT2D eigenvalue weighted by molar-refractivity contribution is 5.92. The molecule has 0 spiro atoms. The molecule has 5 aromatic rings. The minimum absolute atomic E-state index is 0.0809. The molecule has 0 unspecified atom stereocenters. The lowest BCUT2D eigenvalue weighted by Crippen LogP contribution is -2.18. The molecule has 0 saturated carbocycles. The summed E-state index contributed by atoms with van der Waals surface area (Å²) in [6, 6.07) is 18.5. The average Bonchev–Trinajstić information content (AvgIpc) is 3.28. The van der Waals surface area contributed by atoms with E-state index in [1.807, 2.05) is 0 Å². The minimum Gasteiger partial charge on any atom is -0.457 e. The summed E-state index contributed by atoms with van der Waals surface area (Å²) in [6.45, 7) is 0. The van der Waals surface area contributed by atoms with Gasteiger partial charge in [0, 0.05) is 45.7 Å². The number of rotatable bonds is 8. The predicted molar refractivity (Wildman–Crippen MR) is 153 cm³/mol. The van der Waals surface area contributed by atoms with Gasteiger partial charge in [-0.2, -0.15) is 13.2 Å². The molecule has 1 amide bonds. The zero-order valence-electron chi connectivity index (χ0n) is 22.7. The van der Waals surface area contributed by atoms with Gasteiger partial charge in [0.25, 0.3) is 5.91 Å². The quantitative estimate of drug-likeness (QED) is 0.200. The first-order valence-electron chi connectivity index (χ1n) is 12.7. The highest BCUT2D eigenvalue weighted by Gasteiger charge is 2.31. The first-order valence-corrected chi connectivity index (χ1v) is 12.7. The van der Waals surface area contributed by atoms with Crippen LogP contribution in [0.5, 0.6) is 23.0 Å². The lowest BCUT2D eigenvalue weighted by atomic mass is 10.1. The number of aryl methyl sites for hydroxylation is 1. The fourth-order valence-corrected chi connectivity index (χ4v) is 4.13. The Balaban J connectivity index is 1.45. The number of benzene rings is 3. The van der Waals surface area contributed by atoms with Crippen molar-refractivity contribution in [3.05, 3.63) is 95.8 Å². The summed E-state index contributed by atoms with van der Waals surface area (Å²) >= 11 is 0. The van der Waals surface area contributed by atoms with E-state index in [4.69, 9.17) is 9.47 Å². The van der Waals surface area contributed by atoms with E-state index < -0.39 is 11.7 Å². The van der Waals surface area contributed by atoms with Gasteiger partial charge in [-0.1, -0.05) is 0 Å². The highest BCUT2D eigenvalue weighted by atomic mass is 19.4. The second-order valence-electron chi connectivity index (χ2n) is 9.10. The molecule has 12 heteroatoms. The van der Waals surface area contributed by atoms with E-state index in [2.05, 4.69) is 25.6 Å². The predicted octanol–water partition coefficient (Wildman–Crippen LogP) is 6.72. The van der Waals surface area contributed by atoms with Gasteiger partial charge < -0.3 is 24.7 Å². The number of amides is 1. The van der Waals surface area contributed by atoms with Crippen LogP contribution in [-0.2, 0) is 13.2 Å². The molecule has 0 aliphatic heterocycles. The number of carbonyl (C=O) groups excluding carboxylic acids is 1. The van der Waals surface area contributed by atoms with Crippen molar-refractivity contribution >= 4 is 34.8 Å². The van der Waals surface area contributed by atoms with E-state index in [0.29, 0.717) is 28.3 Å². The Kier molecular flexibility index (Phi) is 7.78. The van der Waals surface area contributed by atoms with Crippen LogP contribution in [0.3, 0.4) is 0 Å². The van der Waals surface area contributed by atoms with Crippen LogP contribution in [0.4, 0.5) is 24.8 Å². The molecule has 0 aliphatic carbocycles. The number of fused-ring (bicyclic) bond motifs is 1. The van der Waals surface area contributed by atoms with Crippen LogP contribution in [-0.4, -0.2) is 40.8 Å². The summed E-state index contributed by atoms with van der Waals surface area (Å²) in [5, 5.41) is 5.51. The summed E-state index contributed by atoms with van der Waals surface area (Å²) in [7, 11) is 4.90. The van der Waals surface area contributed by atoms with E-state index in [1.165, 1.54) is 25.4 Å². The molecule has 2 heterocycles. The Bertz CT molecular complexity index is 1780. The number of ether oxygens (including phenoxy) is 2. The van der Waals surface area contributed by atoms with Crippen LogP contribution in [0.2, 0.25) is 0 Å². The summed E-state index contributed by atoms with van der Waals surface area (Å²) in [4.78, 5) is 24.5. The lowest BCUT2D eigenvalue weighted by Gasteiger charge is -2.16. The molecule has 0 aliphatic rings. The second kappa shape index (κ2) is 11.6. The molecule has 214 valence electrons. The summed E-state index contributed by atoms with van der Waals surface area (Å²) in [5.74, 6) is 1.40. The van der Waals surface area contributed by atoms with Crippen molar-refractivity contribution in [1.82, 2.24) is 19.9 Å². The first kappa shape index (κ1) is 28.1. The van der Waals surface area contributed by atoms with E-state index >= 15 is 0 Å².